The molecule has 4 rings (SSSR count). The van der Waals surface area contributed by atoms with Crippen LogP contribution in [0.5, 0.6) is 5.75 Å². The van der Waals surface area contributed by atoms with E-state index in [9.17, 15) is 4.79 Å². The number of fused-ring (bicyclic) bond motifs is 2. The molecule has 1 aromatic carbocycles. The van der Waals surface area contributed by atoms with Crippen LogP contribution in [0.15, 0.2) is 18.2 Å². The summed E-state index contributed by atoms with van der Waals surface area (Å²) in [7, 11) is 0. The molecule has 3 aromatic rings. The first-order valence-electron chi connectivity index (χ1n) is 8.09. The Morgan fingerprint density at radius 3 is 3.04 bits per heavy atom. The number of hydrogen-bond acceptors (Lipinski definition) is 6. The zero-order valence-corrected chi connectivity index (χ0v) is 14.9. The first kappa shape index (κ1) is 15.8. The summed E-state index contributed by atoms with van der Waals surface area (Å²) in [5.41, 5.74) is 10.7. The predicted octanol–water partition coefficient (Wildman–Crippen LogP) is 2.76. The molecule has 2 aromatic heterocycles. The number of nitrogens with two attached hydrogens (primary N) is 1. The van der Waals surface area contributed by atoms with Gasteiger partial charge in [-0.15, -0.1) is 16.4 Å². The predicted molar refractivity (Wildman–Crippen MR) is 98.1 cm³/mol. The number of nitrogens with zero attached hydrogens (tertiary/aromatic N) is 2. The largest absolute Gasteiger partial charge is 0.493 e. The van der Waals surface area contributed by atoms with Crippen LogP contribution in [0.3, 0.4) is 0 Å². The molecule has 6 nitrogen and oxygen atoms in total. The third kappa shape index (κ3) is 2.70. The monoisotopic (exact) mass is 354 g/mol. The maximum Gasteiger partial charge on any atom is 0.263 e. The van der Waals surface area contributed by atoms with Crippen LogP contribution in [0.4, 0.5) is 5.69 Å². The van der Waals surface area contributed by atoms with Gasteiger partial charge in [-0.05, 0) is 36.6 Å². The van der Waals surface area contributed by atoms with Crippen LogP contribution in [0.2, 0.25) is 0 Å². The number of aromatic nitrogens is 2. The fourth-order valence-electron chi connectivity index (χ4n) is 3.02. The molecule has 0 fully saturated rings. The van der Waals surface area contributed by atoms with Gasteiger partial charge in [-0.25, -0.2) is 0 Å². The zero-order chi connectivity index (χ0) is 17.6. The molecular formula is C18H18N4O2S. The van der Waals surface area contributed by atoms with Crippen molar-refractivity contribution in [3.05, 3.63) is 45.5 Å². The maximum atomic E-state index is 12.6. The van der Waals surface area contributed by atoms with Gasteiger partial charge in [-0.2, -0.15) is 5.10 Å². The van der Waals surface area contributed by atoms with Crippen LogP contribution in [-0.4, -0.2) is 22.7 Å². The van der Waals surface area contributed by atoms with Crippen molar-refractivity contribution < 1.29 is 9.53 Å². The van der Waals surface area contributed by atoms with E-state index in [-0.39, 0.29) is 5.91 Å². The van der Waals surface area contributed by atoms with Crippen molar-refractivity contribution in [3.63, 3.8) is 0 Å². The van der Waals surface area contributed by atoms with Crippen molar-refractivity contribution in [1.82, 2.24) is 15.5 Å². The van der Waals surface area contributed by atoms with E-state index in [1.165, 1.54) is 16.9 Å². The fourth-order valence-corrected chi connectivity index (χ4v) is 4.04. The molecular weight excluding hydrogens is 336 g/mol. The normalized spacial score (nSPS) is 12.9. The quantitative estimate of drug-likeness (QED) is 0.755. The average Bonchev–Trinajstić information content (AvgIpc) is 3.20. The SMILES string of the molecule is Cc1nnc2sc(C(=O)NCc3ccc4c(c3)CCO4)c(N)c2c1C. The highest BCUT2D eigenvalue weighted by atomic mass is 32.1. The van der Waals surface area contributed by atoms with Crippen LogP contribution in [0.1, 0.15) is 32.1 Å². The van der Waals surface area contributed by atoms with Gasteiger partial charge in [0.1, 0.15) is 15.5 Å². The Morgan fingerprint density at radius 1 is 1.36 bits per heavy atom. The number of nitrogen functional groups attached to an aromatic ring is 1. The summed E-state index contributed by atoms with van der Waals surface area (Å²) >= 11 is 1.28. The highest BCUT2D eigenvalue weighted by Gasteiger charge is 2.20. The van der Waals surface area contributed by atoms with Gasteiger partial charge < -0.3 is 15.8 Å². The lowest BCUT2D eigenvalue weighted by Crippen LogP contribution is -2.22. The molecule has 0 atom stereocenters. The first-order valence-corrected chi connectivity index (χ1v) is 8.91. The lowest BCUT2D eigenvalue weighted by atomic mass is 10.1. The van der Waals surface area contributed by atoms with Crippen molar-refractivity contribution in [2.45, 2.75) is 26.8 Å². The van der Waals surface area contributed by atoms with Gasteiger partial charge in [0.2, 0.25) is 0 Å². The minimum atomic E-state index is -0.186. The highest BCUT2D eigenvalue weighted by molar-refractivity contribution is 7.21. The summed E-state index contributed by atoms with van der Waals surface area (Å²) in [6.45, 7) is 5.01. The number of carbonyl (C=O) groups excluding carboxylic acids is 1. The number of hydrogen-bond donors (Lipinski definition) is 2. The molecule has 0 aliphatic carbocycles. The van der Waals surface area contributed by atoms with E-state index in [1.807, 2.05) is 26.0 Å². The number of ether oxygens (including phenoxy) is 1. The zero-order valence-electron chi connectivity index (χ0n) is 14.0. The van der Waals surface area contributed by atoms with Crippen molar-refractivity contribution in [1.29, 1.82) is 0 Å². The van der Waals surface area contributed by atoms with Crippen LogP contribution in [0.25, 0.3) is 10.2 Å². The number of thiophene rings is 1. The second kappa shape index (κ2) is 6.00. The Bertz CT molecular complexity index is 996. The number of aryl methyl sites for hydroxylation is 2. The topological polar surface area (TPSA) is 90.1 Å². The molecule has 25 heavy (non-hydrogen) atoms. The number of benzene rings is 1. The lowest BCUT2D eigenvalue weighted by Gasteiger charge is -2.06. The second-order valence-electron chi connectivity index (χ2n) is 6.16. The summed E-state index contributed by atoms with van der Waals surface area (Å²) in [5.74, 6) is 0.752. The van der Waals surface area contributed by atoms with Gasteiger partial charge >= 0.3 is 0 Å². The highest BCUT2D eigenvalue weighted by Crippen LogP contribution is 2.34. The third-order valence-corrected chi connectivity index (χ3v) is 5.64. The Kier molecular flexibility index (Phi) is 3.80. The molecule has 1 amide bonds. The minimum absolute atomic E-state index is 0.186. The molecule has 3 N–H and O–H groups in total. The molecule has 0 bridgehead atoms. The molecule has 1 aliphatic heterocycles. The molecule has 0 unspecified atom stereocenters. The Hall–Kier alpha value is -2.67. The molecule has 7 heteroatoms. The molecule has 128 valence electrons. The van der Waals surface area contributed by atoms with Gasteiger partial charge in [0.25, 0.3) is 5.91 Å². The molecule has 3 heterocycles. The van der Waals surface area contributed by atoms with Gasteiger partial charge in [-0.1, -0.05) is 12.1 Å². The Balaban J connectivity index is 1.56. The Morgan fingerprint density at radius 2 is 2.20 bits per heavy atom. The van der Waals surface area contributed by atoms with Crippen molar-refractivity contribution in [3.8, 4) is 5.75 Å². The number of nitrogens with one attached hydrogen (secondary N) is 1. The Labute approximate surface area is 149 Å². The van der Waals surface area contributed by atoms with E-state index < -0.39 is 0 Å². The minimum Gasteiger partial charge on any atom is -0.493 e. The van der Waals surface area contributed by atoms with E-state index in [2.05, 4.69) is 21.6 Å². The van der Waals surface area contributed by atoms with Crippen molar-refractivity contribution in [2.75, 3.05) is 12.3 Å². The van der Waals surface area contributed by atoms with E-state index >= 15 is 0 Å². The summed E-state index contributed by atoms with van der Waals surface area (Å²) < 4.78 is 5.50. The standard InChI is InChI=1S/C18H18N4O2S/c1-9-10(2)21-22-18-14(9)15(19)16(25-18)17(23)20-8-11-3-4-13-12(7-11)5-6-24-13/h3-4,7H,5-6,8,19H2,1-2H3,(H,20,23). The van der Waals surface area contributed by atoms with Crippen LogP contribution >= 0.6 is 11.3 Å². The third-order valence-electron chi connectivity index (χ3n) is 4.55. The van der Waals surface area contributed by atoms with Crippen LogP contribution < -0.4 is 15.8 Å². The second-order valence-corrected chi connectivity index (χ2v) is 7.16. The summed E-state index contributed by atoms with van der Waals surface area (Å²) in [4.78, 5) is 13.8. The van der Waals surface area contributed by atoms with E-state index in [4.69, 9.17) is 10.5 Å². The summed E-state index contributed by atoms with van der Waals surface area (Å²) in [5, 5.41) is 12.0. The smallest absolute Gasteiger partial charge is 0.263 e. The van der Waals surface area contributed by atoms with E-state index in [0.29, 0.717) is 21.9 Å². The lowest BCUT2D eigenvalue weighted by molar-refractivity contribution is 0.0956. The van der Waals surface area contributed by atoms with Crippen molar-refractivity contribution >= 4 is 33.1 Å². The summed E-state index contributed by atoms with van der Waals surface area (Å²) in [6, 6.07) is 6.01. The van der Waals surface area contributed by atoms with E-state index in [0.717, 1.165) is 41.0 Å². The van der Waals surface area contributed by atoms with E-state index in [1.54, 1.807) is 0 Å². The van der Waals surface area contributed by atoms with Gasteiger partial charge in [0, 0.05) is 18.4 Å². The molecule has 0 spiro atoms. The summed E-state index contributed by atoms with van der Waals surface area (Å²) in [6.07, 6.45) is 0.914. The number of rotatable bonds is 3. The molecule has 1 aliphatic rings. The van der Waals surface area contributed by atoms with Gasteiger partial charge in [-0.3, -0.25) is 4.79 Å². The van der Waals surface area contributed by atoms with Gasteiger partial charge in [0.05, 0.1) is 18.0 Å². The number of anilines is 1. The number of carbonyl (C=O) groups is 1. The molecule has 0 saturated carbocycles. The van der Waals surface area contributed by atoms with Crippen molar-refractivity contribution in [2.24, 2.45) is 0 Å². The van der Waals surface area contributed by atoms with Crippen LogP contribution in [-0.2, 0) is 13.0 Å². The van der Waals surface area contributed by atoms with Gasteiger partial charge in [0.15, 0.2) is 0 Å². The molecule has 0 radical (unpaired) electrons. The fraction of sp³-hybridized carbons (Fsp3) is 0.278. The average molecular weight is 354 g/mol. The van der Waals surface area contributed by atoms with Crippen LogP contribution in [0, 0.1) is 13.8 Å². The first-order chi connectivity index (χ1) is 12.0. The number of amides is 1. The molecule has 0 saturated heterocycles. The maximum absolute atomic E-state index is 12.6.